The van der Waals surface area contributed by atoms with Crippen LogP contribution in [0.5, 0.6) is 5.75 Å². The number of para-hydroxylation sites is 1. The zero-order valence-electron chi connectivity index (χ0n) is 16.0. The van der Waals surface area contributed by atoms with Crippen molar-refractivity contribution in [3.8, 4) is 5.75 Å². The molecule has 1 aromatic heterocycles. The highest BCUT2D eigenvalue weighted by Crippen LogP contribution is 2.19. The van der Waals surface area contributed by atoms with E-state index in [1.807, 2.05) is 0 Å². The summed E-state index contributed by atoms with van der Waals surface area (Å²) in [5.74, 6) is 0.634. The van der Waals surface area contributed by atoms with Crippen molar-refractivity contribution in [2.45, 2.75) is 6.92 Å². The van der Waals surface area contributed by atoms with Crippen LogP contribution in [0.15, 0.2) is 34.9 Å². The van der Waals surface area contributed by atoms with E-state index in [-0.39, 0.29) is 40.5 Å². The lowest BCUT2D eigenvalue weighted by molar-refractivity contribution is -0.129. The smallest absolute Gasteiger partial charge is 0.257 e. The number of phenolic OH excluding ortho intramolecular Hbond substituents is 1. The molecule has 0 radical (unpaired) electrons. The lowest BCUT2D eigenvalue weighted by Crippen LogP contribution is -2.51. The van der Waals surface area contributed by atoms with E-state index in [1.54, 1.807) is 41.0 Å². The molecule has 0 atom stereocenters. The van der Waals surface area contributed by atoms with Crippen LogP contribution < -0.4 is 5.32 Å². The van der Waals surface area contributed by atoms with Gasteiger partial charge < -0.3 is 24.7 Å². The maximum absolute atomic E-state index is 12.5. The van der Waals surface area contributed by atoms with Crippen LogP contribution in [0.25, 0.3) is 0 Å². The first-order valence-corrected chi connectivity index (χ1v) is 10.3. The molecule has 1 aliphatic rings. The molecule has 0 spiro atoms. The second-order valence-electron chi connectivity index (χ2n) is 6.55. The number of amides is 3. The number of anilines is 1. The van der Waals surface area contributed by atoms with E-state index in [1.165, 1.54) is 17.8 Å². The van der Waals surface area contributed by atoms with Gasteiger partial charge in [0.15, 0.2) is 5.82 Å². The predicted molar refractivity (Wildman–Crippen MR) is 108 cm³/mol. The molecule has 1 saturated heterocycles. The Morgan fingerprint density at radius 1 is 1.14 bits per heavy atom. The van der Waals surface area contributed by atoms with Crippen molar-refractivity contribution in [2.75, 3.05) is 43.0 Å². The third kappa shape index (κ3) is 5.50. The number of aromatic hydroxyl groups is 1. The molecule has 1 fully saturated rings. The highest BCUT2D eigenvalue weighted by Gasteiger charge is 2.26. The number of carbonyl (C=O) groups is 3. The molecule has 0 bridgehead atoms. The van der Waals surface area contributed by atoms with Crippen molar-refractivity contribution in [3.63, 3.8) is 0 Å². The molecule has 10 heteroatoms. The molecule has 3 rings (SSSR count). The maximum atomic E-state index is 12.5. The summed E-state index contributed by atoms with van der Waals surface area (Å²) in [7, 11) is 0. The number of nitrogens with one attached hydrogen (secondary N) is 1. The first-order valence-electron chi connectivity index (χ1n) is 9.10. The van der Waals surface area contributed by atoms with Gasteiger partial charge in [-0.15, -0.1) is 11.8 Å². The Kier molecular flexibility index (Phi) is 6.76. The Balaban J connectivity index is 1.39. The zero-order chi connectivity index (χ0) is 20.8. The average molecular weight is 418 g/mol. The number of benzene rings is 1. The number of aryl methyl sites for hydroxylation is 1. The number of thioether (sulfide) groups is 1. The Morgan fingerprint density at radius 2 is 1.83 bits per heavy atom. The third-order valence-corrected chi connectivity index (χ3v) is 5.33. The summed E-state index contributed by atoms with van der Waals surface area (Å²) in [6.45, 7) is 3.36. The van der Waals surface area contributed by atoms with Crippen molar-refractivity contribution < 1.29 is 24.0 Å². The van der Waals surface area contributed by atoms with E-state index in [4.69, 9.17) is 4.52 Å². The number of rotatable bonds is 6. The Morgan fingerprint density at radius 3 is 2.48 bits per heavy atom. The summed E-state index contributed by atoms with van der Waals surface area (Å²) in [5, 5.41) is 16.1. The van der Waals surface area contributed by atoms with Gasteiger partial charge in [0, 0.05) is 32.2 Å². The molecule has 3 amide bonds. The minimum atomic E-state index is -0.255. The highest BCUT2D eigenvalue weighted by atomic mass is 32.2. The molecular formula is C19H22N4O5S. The van der Waals surface area contributed by atoms with Gasteiger partial charge in [-0.3, -0.25) is 14.4 Å². The SMILES string of the molecule is Cc1cc(NC(=O)CSCC(=O)N2CCN(C(=O)c3ccccc3O)CC2)no1. The first kappa shape index (κ1) is 20.7. The van der Waals surface area contributed by atoms with E-state index in [2.05, 4.69) is 10.5 Å². The van der Waals surface area contributed by atoms with Crippen LogP contribution in [0.3, 0.4) is 0 Å². The second-order valence-corrected chi connectivity index (χ2v) is 7.54. The van der Waals surface area contributed by atoms with Crippen molar-refractivity contribution in [1.82, 2.24) is 15.0 Å². The summed E-state index contributed by atoms with van der Waals surface area (Å²) in [4.78, 5) is 40.0. The lowest BCUT2D eigenvalue weighted by Gasteiger charge is -2.34. The van der Waals surface area contributed by atoms with Crippen LogP contribution in [0, 0.1) is 6.92 Å². The molecule has 2 N–H and O–H groups in total. The minimum absolute atomic E-state index is 0.0496. The number of phenols is 1. The number of hydrogen-bond acceptors (Lipinski definition) is 7. The van der Waals surface area contributed by atoms with Crippen LogP contribution >= 0.6 is 11.8 Å². The summed E-state index contributed by atoms with van der Waals surface area (Å²) in [5.41, 5.74) is 0.260. The molecule has 2 aromatic rings. The predicted octanol–water partition coefficient (Wildman–Crippen LogP) is 1.34. The molecule has 9 nitrogen and oxygen atoms in total. The Bertz CT molecular complexity index is 892. The molecule has 0 unspecified atom stereocenters. The molecule has 0 aliphatic carbocycles. The van der Waals surface area contributed by atoms with Crippen molar-refractivity contribution in [3.05, 3.63) is 41.7 Å². The standard InChI is InChI=1S/C19H22N4O5S/c1-13-10-16(21-28-13)20-17(25)11-29-12-18(26)22-6-8-23(9-7-22)19(27)14-4-2-3-5-15(14)24/h2-5,10,24H,6-9,11-12H2,1H3,(H,20,21,25). The van der Waals surface area contributed by atoms with Gasteiger partial charge in [0.05, 0.1) is 17.1 Å². The number of piperazine rings is 1. The van der Waals surface area contributed by atoms with Crippen LogP contribution in [0.2, 0.25) is 0 Å². The van der Waals surface area contributed by atoms with Gasteiger partial charge in [-0.25, -0.2) is 0 Å². The normalized spacial score (nSPS) is 14.0. The van der Waals surface area contributed by atoms with E-state index in [9.17, 15) is 19.5 Å². The van der Waals surface area contributed by atoms with Crippen molar-refractivity contribution >= 4 is 35.3 Å². The van der Waals surface area contributed by atoms with Gasteiger partial charge in [-0.1, -0.05) is 17.3 Å². The van der Waals surface area contributed by atoms with Crippen LogP contribution in [-0.2, 0) is 9.59 Å². The average Bonchev–Trinajstić information content (AvgIpc) is 3.12. The quantitative estimate of drug-likeness (QED) is 0.727. The van der Waals surface area contributed by atoms with E-state index < -0.39 is 0 Å². The van der Waals surface area contributed by atoms with Crippen LogP contribution in [0.1, 0.15) is 16.1 Å². The van der Waals surface area contributed by atoms with Gasteiger partial charge in [-0.2, -0.15) is 0 Å². The monoisotopic (exact) mass is 418 g/mol. The fraction of sp³-hybridized carbons (Fsp3) is 0.368. The Labute approximate surface area is 172 Å². The van der Waals surface area contributed by atoms with Crippen LogP contribution in [-0.4, -0.2) is 75.5 Å². The topological polar surface area (TPSA) is 116 Å². The van der Waals surface area contributed by atoms with Crippen molar-refractivity contribution in [1.29, 1.82) is 0 Å². The fourth-order valence-corrected chi connectivity index (χ4v) is 3.63. The number of nitrogens with zero attached hydrogens (tertiary/aromatic N) is 3. The largest absolute Gasteiger partial charge is 0.507 e. The number of aromatic nitrogens is 1. The van der Waals surface area contributed by atoms with E-state index in [0.717, 1.165) is 0 Å². The van der Waals surface area contributed by atoms with Gasteiger partial charge in [-0.05, 0) is 19.1 Å². The van der Waals surface area contributed by atoms with Gasteiger partial charge in [0.25, 0.3) is 5.91 Å². The van der Waals surface area contributed by atoms with Crippen LogP contribution in [0.4, 0.5) is 5.82 Å². The fourth-order valence-electron chi connectivity index (χ4n) is 2.91. The van der Waals surface area contributed by atoms with Crippen molar-refractivity contribution in [2.24, 2.45) is 0 Å². The first-order chi connectivity index (χ1) is 13.9. The third-order valence-electron chi connectivity index (χ3n) is 4.41. The Hall–Kier alpha value is -3.01. The minimum Gasteiger partial charge on any atom is -0.507 e. The lowest BCUT2D eigenvalue weighted by atomic mass is 10.1. The molecular weight excluding hydrogens is 396 g/mol. The number of hydrogen-bond donors (Lipinski definition) is 2. The zero-order valence-corrected chi connectivity index (χ0v) is 16.8. The molecule has 1 aliphatic heterocycles. The summed E-state index contributed by atoms with van der Waals surface area (Å²) >= 11 is 1.22. The molecule has 154 valence electrons. The molecule has 2 heterocycles. The molecule has 29 heavy (non-hydrogen) atoms. The molecule has 1 aromatic carbocycles. The van der Waals surface area contributed by atoms with E-state index in [0.29, 0.717) is 37.8 Å². The molecule has 0 saturated carbocycles. The number of carbonyl (C=O) groups excluding carboxylic acids is 3. The summed E-state index contributed by atoms with van der Waals surface area (Å²) < 4.78 is 4.87. The maximum Gasteiger partial charge on any atom is 0.257 e. The highest BCUT2D eigenvalue weighted by molar-refractivity contribution is 8.00. The summed E-state index contributed by atoms with van der Waals surface area (Å²) in [6.07, 6.45) is 0. The van der Waals surface area contributed by atoms with Gasteiger partial charge in [0.2, 0.25) is 11.8 Å². The van der Waals surface area contributed by atoms with Gasteiger partial charge >= 0.3 is 0 Å². The second kappa shape index (κ2) is 9.46. The van der Waals surface area contributed by atoms with E-state index >= 15 is 0 Å². The van der Waals surface area contributed by atoms with Gasteiger partial charge in [0.1, 0.15) is 11.5 Å². The summed E-state index contributed by atoms with van der Waals surface area (Å²) in [6, 6.07) is 8.03.